The lowest BCUT2D eigenvalue weighted by Crippen LogP contribution is -2.19. The molecule has 0 heterocycles. The third-order valence-electron chi connectivity index (χ3n) is 3.56. The summed E-state index contributed by atoms with van der Waals surface area (Å²) < 4.78 is 5.76. The predicted octanol–water partition coefficient (Wildman–Crippen LogP) is 3.87. The minimum Gasteiger partial charge on any atom is -0.494 e. The fourth-order valence-corrected chi connectivity index (χ4v) is 2.23. The maximum Gasteiger partial charge on any atom is 0.119 e. The molecule has 20 heavy (non-hydrogen) atoms. The maximum absolute atomic E-state index is 5.76. The smallest absolute Gasteiger partial charge is 0.119 e. The molecule has 0 saturated heterocycles. The third kappa shape index (κ3) is 3.84. The molecule has 2 heteroatoms. The summed E-state index contributed by atoms with van der Waals surface area (Å²) in [6.45, 7) is 1.84. The van der Waals surface area contributed by atoms with Crippen LogP contribution in [0.1, 0.15) is 19.3 Å². The van der Waals surface area contributed by atoms with Crippen LogP contribution in [0.3, 0.4) is 0 Å². The van der Waals surface area contributed by atoms with Crippen molar-refractivity contribution in [1.29, 1.82) is 0 Å². The minimum atomic E-state index is 0.782. The van der Waals surface area contributed by atoms with E-state index < -0.39 is 0 Å². The van der Waals surface area contributed by atoms with Crippen molar-refractivity contribution in [3.05, 3.63) is 54.6 Å². The molecule has 0 unspecified atom stereocenters. The highest BCUT2D eigenvalue weighted by Gasteiger charge is 2.19. The fourth-order valence-electron chi connectivity index (χ4n) is 2.23. The molecule has 0 radical (unpaired) electrons. The Balaban J connectivity index is 1.46. The van der Waals surface area contributed by atoms with Crippen molar-refractivity contribution >= 4 is 0 Å². The van der Waals surface area contributed by atoms with Gasteiger partial charge >= 0.3 is 0 Å². The number of hydrogen-bond donors (Lipinski definition) is 1. The monoisotopic (exact) mass is 267 g/mol. The molecule has 2 aromatic carbocycles. The average Bonchev–Trinajstić information content (AvgIpc) is 3.33. The zero-order valence-corrected chi connectivity index (χ0v) is 11.7. The molecular weight excluding hydrogens is 246 g/mol. The van der Waals surface area contributed by atoms with Crippen LogP contribution in [-0.4, -0.2) is 19.2 Å². The van der Waals surface area contributed by atoms with Crippen molar-refractivity contribution < 1.29 is 4.74 Å². The van der Waals surface area contributed by atoms with Gasteiger partial charge in [-0.3, -0.25) is 0 Å². The summed E-state index contributed by atoms with van der Waals surface area (Å²) >= 11 is 0. The van der Waals surface area contributed by atoms with E-state index in [-0.39, 0.29) is 0 Å². The molecule has 0 spiro atoms. The number of benzene rings is 2. The second-order valence-corrected chi connectivity index (χ2v) is 5.32. The summed E-state index contributed by atoms with van der Waals surface area (Å²) in [7, 11) is 0. The topological polar surface area (TPSA) is 21.3 Å². The van der Waals surface area contributed by atoms with Gasteiger partial charge in [0.15, 0.2) is 0 Å². The number of hydrogen-bond acceptors (Lipinski definition) is 2. The van der Waals surface area contributed by atoms with Gasteiger partial charge in [-0.1, -0.05) is 42.5 Å². The van der Waals surface area contributed by atoms with Gasteiger partial charge in [-0.25, -0.2) is 0 Å². The van der Waals surface area contributed by atoms with Crippen molar-refractivity contribution in [2.45, 2.75) is 25.3 Å². The Hall–Kier alpha value is -1.80. The highest BCUT2D eigenvalue weighted by molar-refractivity contribution is 5.63. The van der Waals surface area contributed by atoms with E-state index in [0.717, 1.165) is 31.4 Å². The molecular formula is C18H21NO. The van der Waals surface area contributed by atoms with Gasteiger partial charge in [0.1, 0.15) is 5.75 Å². The van der Waals surface area contributed by atoms with Gasteiger partial charge in [-0.15, -0.1) is 0 Å². The van der Waals surface area contributed by atoms with Crippen molar-refractivity contribution in [1.82, 2.24) is 5.32 Å². The third-order valence-corrected chi connectivity index (χ3v) is 3.56. The van der Waals surface area contributed by atoms with Gasteiger partial charge in [0.05, 0.1) is 6.61 Å². The molecule has 2 nitrogen and oxygen atoms in total. The SMILES string of the molecule is c1ccc(-c2ccc(OCCCNC3CC3)cc2)cc1. The molecule has 1 saturated carbocycles. The highest BCUT2D eigenvalue weighted by Crippen LogP contribution is 2.22. The van der Waals surface area contributed by atoms with Crippen molar-refractivity contribution in [2.75, 3.05) is 13.2 Å². The molecule has 2 aromatic rings. The van der Waals surface area contributed by atoms with Gasteiger partial charge in [-0.2, -0.15) is 0 Å². The van der Waals surface area contributed by atoms with Crippen LogP contribution in [0.2, 0.25) is 0 Å². The summed E-state index contributed by atoms with van der Waals surface area (Å²) in [4.78, 5) is 0. The lowest BCUT2D eigenvalue weighted by Gasteiger charge is -2.08. The summed E-state index contributed by atoms with van der Waals surface area (Å²) in [6, 6.07) is 19.5. The Labute approximate surface area is 120 Å². The molecule has 104 valence electrons. The van der Waals surface area contributed by atoms with Gasteiger partial charge in [0.25, 0.3) is 0 Å². The van der Waals surface area contributed by atoms with E-state index in [1.54, 1.807) is 0 Å². The Kier molecular flexibility index (Phi) is 4.34. The number of rotatable bonds is 7. The predicted molar refractivity (Wildman–Crippen MR) is 83.0 cm³/mol. The van der Waals surface area contributed by atoms with Crippen LogP contribution in [0.4, 0.5) is 0 Å². The first-order chi connectivity index (χ1) is 9.92. The summed E-state index contributed by atoms with van der Waals surface area (Å²) in [5.74, 6) is 0.955. The molecule has 3 rings (SSSR count). The van der Waals surface area contributed by atoms with Crippen LogP contribution in [0.5, 0.6) is 5.75 Å². The Morgan fingerprint density at radius 3 is 2.30 bits per heavy atom. The van der Waals surface area contributed by atoms with E-state index >= 15 is 0 Å². The van der Waals surface area contributed by atoms with Gasteiger partial charge < -0.3 is 10.1 Å². The Morgan fingerprint density at radius 2 is 1.60 bits per heavy atom. The molecule has 0 bridgehead atoms. The lowest BCUT2D eigenvalue weighted by molar-refractivity contribution is 0.308. The van der Waals surface area contributed by atoms with E-state index in [1.807, 2.05) is 6.07 Å². The number of ether oxygens (including phenoxy) is 1. The quantitative estimate of drug-likeness (QED) is 0.769. The number of nitrogens with one attached hydrogen (secondary N) is 1. The lowest BCUT2D eigenvalue weighted by atomic mass is 10.1. The van der Waals surface area contributed by atoms with E-state index in [1.165, 1.54) is 24.0 Å². The van der Waals surface area contributed by atoms with Crippen molar-refractivity contribution in [3.8, 4) is 16.9 Å². The van der Waals surface area contributed by atoms with E-state index in [9.17, 15) is 0 Å². The molecule has 0 aliphatic heterocycles. The summed E-state index contributed by atoms with van der Waals surface area (Å²) in [5, 5.41) is 3.49. The standard InChI is InChI=1S/C18H21NO/c1-2-5-15(6-3-1)16-7-11-18(12-8-16)20-14-4-13-19-17-9-10-17/h1-3,5-8,11-12,17,19H,4,9-10,13-14H2. The van der Waals surface area contributed by atoms with Gasteiger partial charge in [-0.05, 0) is 49.1 Å². The average molecular weight is 267 g/mol. The molecule has 0 amide bonds. The molecule has 1 aliphatic rings. The van der Waals surface area contributed by atoms with E-state index in [0.29, 0.717) is 0 Å². The molecule has 0 aromatic heterocycles. The van der Waals surface area contributed by atoms with Gasteiger partial charge in [0, 0.05) is 6.04 Å². The van der Waals surface area contributed by atoms with Crippen LogP contribution >= 0.6 is 0 Å². The molecule has 0 atom stereocenters. The first-order valence-corrected chi connectivity index (χ1v) is 7.43. The minimum absolute atomic E-state index is 0.782. The van der Waals surface area contributed by atoms with E-state index in [2.05, 4.69) is 53.8 Å². The van der Waals surface area contributed by atoms with Crippen LogP contribution in [0.25, 0.3) is 11.1 Å². The molecule has 1 aliphatic carbocycles. The molecule has 1 N–H and O–H groups in total. The fraction of sp³-hybridized carbons (Fsp3) is 0.333. The van der Waals surface area contributed by atoms with Crippen LogP contribution in [0, 0.1) is 0 Å². The maximum atomic E-state index is 5.76. The zero-order valence-electron chi connectivity index (χ0n) is 11.7. The van der Waals surface area contributed by atoms with Crippen LogP contribution < -0.4 is 10.1 Å². The first kappa shape index (κ1) is 13.2. The van der Waals surface area contributed by atoms with Crippen molar-refractivity contribution in [3.63, 3.8) is 0 Å². The molecule has 1 fully saturated rings. The Morgan fingerprint density at radius 1 is 0.900 bits per heavy atom. The van der Waals surface area contributed by atoms with Crippen LogP contribution in [-0.2, 0) is 0 Å². The first-order valence-electron chi connectivity index (χ1n) is 7.43. The normalized spacial score (nSPS) is 14.2. The second kappa shape index (κ2) is 6.58. The highest BCUT2D eigenvalue weighted by atomic mass is 16.5. The summed E-state index contributed by atoms with van der Waals surface area (Å²) in [5.41, 5.74) is 2.47. The summed E-state index contributed by atoms with van der Waals surface area (Å²) in [6.07, 6.45) is 3.76. The Bertz CT molecular complexity index is 517. The zero-order chi connectivity index (χ0) is 13.6. The van der Waals surface area contributed by atoms with Crippen LogP contribution in [0.15, 0.2) is 54.6 Å². The van der Waals surface area contributed by atoms with Gasteiger partial charge in [0.2, 0.25) is 0 Å². The van der Waals surface area contributed by atoms with Crippen molar-refractivity contribution in [2.24, 2.45) is 0 Å². The van der Waals surface area contributed by atoms with E-state index in [4.69, 9.17) is 4.74 Å². The largest absolute Gasteiger partial charge is 0.494 e. The second-order valence-electron chi connectivity index (χ2n) is 5.32.